The Labute approximate surface area is 146 Å². The summed E-state index contributed by atoms with van der Waals surface area (Å²) in [5, 5.41) is 5.90. The number of nitrogens with one attached hydrogen (secondary N) is 2. The van der Waals surface area contributed by atoms with E-state index in [-0.39, 0.29) is 23.9 Å². The average molecular weight is 343 g/mol. The molecule has 1 aromatic heterocycles. The molecule has 0 radical (unpaired) electrons. The zero-order valence-corrected chi connectivity index (χ0v) is 14.2. The van der Waals surface area contributed by atoms with Crippen LogP contribution in [0.1, 0.15) is 31.4 Å². The van der Waals surface area contributed by atoms with Crippen LogP contribution < -0.4 is 15.5 Å². The van der Waals surface area contributed by atoms with Crippen LogP contribution >= 0.6 is 0 Å². The van der Waals surface area contributed by atoms with Crippen LogP contribution in [0, 0.1) is 5.82 Å². The number of carbonyl (C=O) groups is 1. The molecule has 0 spiro atoms. The summed E-state index contributed by atoms with van der Waals surface area (Å²) in [6.07, 6.45) is 5.32. The number of amides is 2. The zero-order chi connectivity index (χ0) is 17.6. The summed E-state index contributed by atoms with van der Waals surface area (Å²) >= 11 is 0. The Bertz CT molecular complexity index is 694. The molecule has 25 heavy (non-hydrogen) atoms. The first kappa shape index (κ1) is 17.1. The topological polar surface area (TPSA) is 70.2 Å². The molecule has 132 valence electrons. The van der Waals surface area contributed by atoms with Crippen molar-refractivity contribution < 1.29 is 9.18 Å². The number of anilines is 1. The predicted octanol–water partition coefficient (Wildman–Crippen LogP) is 2.64. The van der Waals surface area contributed by atoms with Crippen molar-refractivity contribution in [1.29, 1.82) is 0 Å². The number of benzene rings is 1. The van der Waals surface area contributed by atoms with Gasteiger partial charge >= 0.3 is 6.03 Å². The highest BCUT2D eigenvalue weighted by Gasteiger charge is 2.23. The van der Waals surface area contributed by atoms with Gasteiger partial charge in [-0.25, -0.2) is 19.2 Å². The third kappa shape index (κ3) is 4.65. The van der Waals surface area contributed by atoms with Gasteiger partial charge in [0, 0.05) is 31.5 Å². The maximum absolute atomic E-state index is 13.0. The van der Waals surface area contributed by atoms with E-state index in [2.05, 4.69) is 25.5 Å². The molecule has 2 N–H and O–H groups in total. The Hall–Kier alpha value is -2.70. The number of hydrogen-bond acceptors (Lipinski definition) is 4. The lowest BCUT2D eigenvalue weighted by Gasteiger charge is -2.33. The van der Waals surface area contributed by atoms with E-state index in [0.29, 0.717) is 12.5 Å². The number of piperidine rings is 1. The fourth-order valence-corrected chi connectivity index (χ4v) is 2.99. The monoisotopic (exact) mass is 343 g/mol. The van der Waals surface area contributed by atoms with Gasteiger partial charge in [0.25, 0.3) is 0 Å². The molecule has 0 bridgehead atoms. The number of urea groups is 1. The van der Waals surface area contributed by atoms with Crippen LogP contribution in [0.3, 0.4) is 0 Å². The van der Waals surface area contributed by atoms with Crippen LogP contribution in [-0.2, 0) is 0 Å². The van der Waals surface area contributed by atoms with Crippen LogP contribution in [0.5, 0.6) is 0 Å². The molecule has 1 aliphatic rings. The molecule has 7 heteroatoms. The van der Waals surface area contributed by atoms with Crippen molar-refractivity contribution in [2.24, 2.45) is 0 Å². The van der Waals surface area contributed by atoms with Gasteiger partial charge in [-0.05, 0) is 43.5 Å². The molecule has 0 saturated carbocycles. The van der Waals surface area contributed by atoms with E-state index >= 15 is 0 Å². The van der Waals surface area contributed by atoms with E-state index in [0.717, 1.165) is 24.9 Å². The summed E-state index contributed by atoms with van der Waals surface area (Å²) in [6.45, 7) is 3.44. The molecule has 0 aliphatic carbocycles. The number of hydrogen-bond donors (Lipinski definition) is 2. The van der Waals surface area contributed by atoms with Crippen molar-refractivity contribution in [3.63, 3.8) is 0 Å². The second kappa shape index (κ2) is 7.92. The van der Waals surface area contributed by atoms with Crippen molar-refractivity contribution in [1.82, 2.24) is 20.6 Å². The van der Waals surface area contributed by atoms with Gasteiger partial charge in [0.05, 0.1) is 6.04 Å². The summed E-state index contributed by atoms with van der Waals surface area (Å²) in [5.74, 6) is 0.403. The maximum atomic E-state index is 13.0. The van der Waals surface area contributed by atoms with E-state index in [9.17, 15) is 9.18 Å². The number of halogens is 1. The van der Waals surface area contributed by atoms with Gasteiger partial charge in [-0.2, -0.15) is 0 Å². The molecule has 1 aliphatic heterocycles. The quantitative estimate of drug-likeness (QED) is 0.895. The molecule has 1 aromatic carbocycles. The fourth-order valence-electron chi connectivity index (χ4n) is 2.99. The van der Waals surface area contributed by atoms with Gasteiger partial charge < -0.3 is 15.5 Å². The SMILES string of the molecule is C[C@@H](NC(=O)N[C@H]1CCCN(c2ncccn2)C1)c1ccc(F)cc1. The predicted molar refractivity (Wildman–Crippen MR) is 93.7 cm³/mol. The summed E-state index contributed by atoms with van der Waals surface area (Å²) < 4.78 is 13.0. The van der Waals surface area contributed by atoms with E-state index in [1.807, 2.05) is 6.92 Å². The van der Waals surface area contributed by atoms with Gasteiger partial charge in [-0.3, -0.25) is 0 Å². The molecule has 3 rings (SSSR count). The highest BCUT2D eigenvalue weighted by molar-refractivity contribution is 5.74. The van der Waals surface area contributed by atoms with Crippen molar-refractivity contribution >= 4 is 12.0 Å². The molecule has 0 unspecified atom stereocenters. The molecule has 2 heterocycles. The molecule has 2 aromatic rings. The van der Waals surface area contributed by atoms with Crippen LogP contribution in [-0.4, -0.2) is 35.1 Å². The number of rotatable bonds is 4. The van der Waals surface area contributed by atoms with Crippen LogP contribution in [0.25, 0.3) is 0 Å². The van der Waals surface area contributed by atoms with Gasteiger partial charge in [0.2, 0.25) is 5.95 Å². The average Bonchev–Trinajstić information content (AvgIpc) is 2.63. The van der Waals surface area contributed by atoms with Gasteiger partial charge in [-0.15, -0.1) is 0 Å². The van der Waals surface area contributed by atoms with E-state index in [1.165, 1.54) is 12.1 Å². The van der Waals surface area contributed by atoms with E-state index < -0.39 is 0 Å². The van der Waals surface area contributed by atoms with Crippen molar-refractivity contribution in [2.45, 2.75) is 31.8 Å². The fraction of sp³-hybridized carbons (Fsp3) is 0.389. The third-order valence-electron chi connectivity index (χ3n) is 4.31. The van der Waals surface area contributed by atoms with Crippen LogP contribution in [0.4, 0.5) is 15.1 Å². The smallest absolute Gasteiger partial charge is 0.315 e. The first-order valence-corrected chi connectivity index (χ1v) is 8.46. The molecular weight excluding hydrogens is 321 g/mol. The van der Waals surface area contributed by atoms with Gasteiger partial charge in [-0.1, -0.05) is 12.1 Å². The Morgan fingerprint density at radius 3 is 2.72 bits per heavy atom. The maximum Gasteiger partial charge on any atom is 0.315 e. The first-order valence-electron chi connectivity index (χ1n) is 8.46. The normalized spacial score (nSPS) is 18.5. The molecular formula is C18H22FN5O. The lowest BCUT2D eigenvalue weighted by atomic mass is 10.1. The molecule has 6 nitrogen and oxygen atoms in total. The van der Waals surface area contributed by atoms with Crippen LogP contribution in [0.2, 0.25) is 0 Å². The minimum absolute atomic E-state index is 0.0398. The van der Waals surface area contributed by atoms with Crippen molar-refractivity contribution in [3.8, 4) is 0 Å². The van der Waals surface area contributed by atoms with E-state index in [1.54, 1.807) is 30.6 Å². The first-order chi connectivity index (χ1) is 12.1. The minimum Gasteiger partial charge on any atom is -0.339 e. The van der Waals surface area contributed by atoms with Crippen molar-refractivity contribution in [3.05, 3.63) is 54.1 Å². The summed E-state index contributed by atoms with van der Waals surface area (Å²) in [4.78, 5) is 22.9. The molecule has 2 atom stereocenters. The zero-order valence-electron chi connectivity index (χ0n) is 14.2. The van der Waals surface area contributed by atoms with Gasteiger partial charge in [0.15, 0.2) is 0 Å². The third-order valence-corrected chi connectivity index (χ3v) is 4.31. The largest absolute Gasteiger partial charge is 0.339 e. The Kier molecular flexibility index (Phi) is 5.42. The lowest BCUT2D eigenvalue weighted by molar-refractivity contribution is 0.232. The second-order valence-electron chi connectivity index (χ2n) is 6.22. The number of carbonyl (C=O) groups excluding carboxylic acids is 1. The molecule has 2 amide bonds. The summed E-state index contributed by atoms with van der Waals surface area (Å²) in [5.41, 5.74) is 0.861. The summed E-state index contributed by atoms with van der Waals surface area (Å²) in [7, 11) is 0. The lowest BCUT2D eigenvalue weighted by Crippen LogP contribution is -2.51. The Balaban J connectivity index is 1.53. The minimum atomic E-state index is -0.286. The Morgan fingerprint density at radius 1 is 1.28 bits per heavy atom. The molecule has 1 saturated heterocycles. The number of aromatic nitrogens is 2. The second-order valence-corrected chi connectivity index (χ2v) is 6.22. The van der Waals surface area contributed by atoms with E-state index in [4.69, 9.17) is 0 Å². The Morgan fingerprint density at radius 2 is 2.00 bits per heavy atom. The molecule has 1 fully saturated rings. The van der Waals surface area contributed by atoms with Crippen LogP contribution in [0.15, 0.2) is 42.7 Å². The highest BCUT2D eigenvalue weighted by Crippen LogP contribution is 2.16. The van der Waals surface area contributed by atoms with Gasteiger partial charge in [0.1, 0.15) is 5.82 Å². The number of nitrogens with zero attached hydrogens (tertiary/aromatic N) is 3. The summed E-state index contributed by atoms with van der Waals surface area (Å²) in [6, 6.07) is 7.54. The highest BCUT2D eigenvalue weighted by atomic mass is 19.1. The van der Waals surface area contributed by atoms with Crippen molar-refractivity contribution in [2.75, 3.05) is 18.0 Å². The standard InChI is InChI=1S/C18H22FN5O/c1-13(14-5-7-15(19)8-6-14)22-18(25)23-16-4-2-11-24(12-16)17-20-9-3-10-21-17/h3,5-10,13,16H,2,4,11-12H2,1H3,(H2,22,23,25)/t13-,16+/m1/s1.